The second-order valence-corrected chi connectivity index (χ2v) is 8.20. The zero-order valence-electron chi connectivity index (χ0n) is 18.2. The number of hydrogen-bond donors (Lipinski definition) is 1. The number of ether oxygens (including phenoxy) is 2. The fraction of sp³-hybridized carbons (Fsp3) is 0.522. The molecule has 0 spiro atoms. The van der Waals surface area contributed by atoms with E-state index >= 15 is 0 Å². The number of H-pyrrole nitrogens is 1. The third-order valence-corrected chi connectivity index (χ3v) is 5.89. The fourth-order valence-corrected chi connectivity index (χ4v) is 4.21. The van der Waals surface area contributed by atoms with Crippen LogP contribution in [0.4, 0.5) is 5.95 Å². The Hall–Kier alpha value is -2.71. The number of hydrogen-bond acceptors (Lipinski definition) is 6. The van der Waals surface area contributed by atoms with E-state index in [1.807, 2.05) is 54.0 Å². The highest BCUT2D eigenvalue weighted by molar-refractivity contribution is 5.76. The van der Waals surface area contributed by atoms with Crippen molar-refractivity contribution in [1.82, 2.24) is 14.9 Å². The number of anilines is 1. The van der Waals surface area contributed by atoms with Crippen molar-refractivity contribution in [2.24, 2.45) is 0 Å². The molecule has 2 saturated heterocycles. The fourth-order valence-electron chi connectivity index (χ4n) is 4.21. The minimum atomic E-state index is -0.167. The molecule has 0 saturated carbocycles. The summed E-state index contributed by atoms with van der Waals surface area (Å²) in [6.45, 7) is 7.57. The maximum Gasteiger partial charge on any atom is 0.255 e. The molecule has 166 valence electrons. The smallest absolute Gasteiger partial charge is 0.255 e. The molecule has 2 aliphatic rings. The Morgan fingerprint density at radius 3 is 2.65 bits per heavy atom. The summed E-state index contributed by atoms with van der Waals surface area (Å²) in [5.74, 6) is 0.612. The summed E-state index contributed by atoms with van der Waals surface area (Å²) in [5.41, 5.74) is 2.16. The van der Waals surface area contributed by atoms with Crippen molar-refractivity contribution in [3.63, 3.8) is 0 Å². The number of amides is 1. The Labute approximate surface area is 182 Å². The van der Waals surface area contributed by atoms with E-state index < -0.39 is 0 Å². The van der Waals surface area contributed by atoms with Crippen molar-refractivity contribution in [2.45, 2.75) is 38.9 Å². The average molecular weight is 427 g/mol. The van der Waals surface area contributed by atoms with Crippen molar-refractivity contribution in [2.75, 3.05) is 44.3 Å². The molecule has 2 aromatic rings. The molecule has 0 radical (unpaired) electrons. The van der Waals surface area contributed by atoms with Gasteiger partial charge in [-0.15, -0.1) is 0 Å². The van der Waals surface area contributed by atoms with Gasteiger partial charge in [-0.2, -0.15) is 0 Å². The van der Waals surface area contributed by atoms with E-state index in [1.165, 1.54) is 0 Å². The SMILES string of the molecule is Cc1nc(N2CCOCC2)[nH]c(=O)c1CCC(=O)N1CC(C)OC(c2ccccc2)C1. The lowest BCUT2D eigenvalue weighted by atomic mass is 10.1. The summed E-state index contributed by atoms with van der Waals surface area (Å²) in [7, 11) is 0. The molecule has 8 heteroatoms. The number of benzene rings is 1. The van der Waals surface area contributed by atoms with Gasteiger partial charge in [-0.3, -0.25) is 14.6 Å². The lowest BCUT2D eigenvalue weighted by molar-refractivity contribution is -0.144. The molecular weight excluding hydrogens is 396 g/mol. The van der Waals surface area contributed by atoms with Crippen LogP contribution >= 0.6 is 0 Å². The van der Waals surface area contributed by atoms with Crippen molar-refractivity contribution >= 4 is 11.9 Å². The third-order valence-electron chi connectivity index (χ3n) is 5.89. The van der Waals surface area contributed by atoms with Gasteiger partial charge in [0, 0.05) is 37.3 Å². The molecule has 1 aromatic heterocycles. The van der Waals surface area contributed by atoms with E-state index in [0.29, 0.717) is 63.0 Å². The molecule has 1 aromatic carbocycles. The topological polar surface area (TPSA) is 87.8 Å². The molecule has 4 rings (SSSR count). The number of rotatable bonds is 5. The van der Waals surface area contributed by atoms with Crippen LogP contribution in [0.25, 0.3) is 0 Å². The third kappa shape index (κ3) is 5.14. The van der Waals surface area contributed by atoms with Gasteiger partial charge in [0.1, 0.15) is 6.10 Å². The molecule has 0 aliphatic carbocycles. The highest BCUT2D eigenvalue weighted by Crippen LogP contribution is 2.25. The molecule has 2 atom stereocenters. The highest BCUT2D eigenvalue weighted by atomic mass is 16.5. The van der Waals surface area contributed by atoms with Crippen LogP contribution in [-0.4, -0.2) is 66.3 Å². The Balaban J connectivity index is 1.40. The van der Waals surface area contributed by atoms with Crippen LogP contribution in [0.3, 0.4) is 0 Å². The van der Waals surface area contributed by atoms with Crippen LogP contribution in [0.5, 0.6) is 0 Å². The number of nitrogens with one attached hydrogen (secondary N) is 1. The Kier molecular flexibility index (Phi) is 6.67. The second kappa shape index (κ2) is 9.62. The quantitative estimate of drug-likeness (QED) is 0.785. The molecule has 31 heavy (non-hydrogen) atoms. The average Bonchev–Trinajstić information content (AvgIpc) is 2.79. The van der Waals surface area contributed by atoms with Gasteiger partial charge in [0.2, 0.25) is 11.9 Å². The van der Waals surface area contributed by atoms with E-state index in [0.717, 1.165) is 5.56 Å². The van der Waals surface area contributed by atoms with Gasteiger partial charge in [-0.25, -0.2) is 4.98 Å². The Bertz CT molecular complexity index is 956. The number of aromatic amines is 1. The normalized spacial score (nSPS) is 21.9. The van der Waals surface area contributed by atoms with Gasteiger partial charge >= 0.3 is 0 Å². The maximum atomic E-state index is 12.9. The summed E-state index contributed by atoms with van der Waals surface area (Å²) in [5, 5.41) is 0. The van der Waals surface area contributed by atoms with E-state index in [-0.39, 0.29) is 30.1 Å². The summed E-state index contributed by atoms with van der Waals surface area (Å²) < 4.78 is 11.4. The Morgan fingerprint density at radius 2 is 1.94 bits per heavy atom. The predicted molar refractivity (Wildman–Crippen MR) is 117 cm³/mol. The van der Waals surface area contributed by atoms with Crippen molar-refractivity contribution < 1.29 is 14.3 Å². The monoisotopic (exact) mass is 426 g/mol. The number of nitrogens with zero attached hydrogens (tertiary/aromatic N) is 3. The second-order valence-electron chi connectivity index (χ2n) is 8.20. The minimum Gasteiger partial charge on any atom is -0.378 e. The predicted octanol–water partition coefficient (Wildman–Crippen LogP) is 1.84. The molecule has 3 heterocycles. The molecule has 1 amide bonds. The van der Waals surface area contributed by atoms with Crippen LogP contribution in [0.1, 0.15) is 36.3 Å². The van der Waals surface area contributed by atoms with E-state index in [1.54, 1.807) is 0 Å². The highest BCUT2D eigenvalue weighted by Gasteiger charge is 2.29. The lowest BCUT2D eigenvalue weighted by Gasteiger charge is -2.37. The van der Waals surface area contributed by atoms with Crippen LogP contribution < -0.4 is 10.5 Å². The standard InChI is InChI=1S/C23H30N4O4/c1-16-14-27(15-20(31-16)18-6-4-3-5-7-18)21(28)9-8-19-17(2)24-23(25-22(19)29)26-10-12-30-13-11-26/h3-7,16,20H,8-15H2,1-2H3,(H,24,25,29). The van der Waals surface area contributed by atoms with Gasteiger partial charge < -0.3 is 19.3 Å². The first-order valence-electron chi connectivity index (χ1n) is 10.9. The first-order valence-corrected chi connectivity index (χ1v) is 10.9. The van der Waals surface area contributed by atoms with E-state index in [2.05, 4.69) is 9.97 Å². The number of carbonyl (C=O) groups is 1. The first-order chi connectivity index (χ1) is 15.0. The molecule has 8 nitrogen and oxygen atoms in total. The largest absolute Gasteiger partial charge is 0.378 e. The van der Waals surface area contributed by atoms with Crippen LogP contribution in [0.15, 0.2) is 35.1 Å². The van der Waals surface area contributed by atoms with Gasteiger partial charge in [-0.05, 0) is 25.8 Å². The number of carbonyl (C=O) groups excluding carboxylic acids is 1. The number of morpholine rings is 2. The maximum absolute atomic E-state index is 12.9. The van der Waals surface area contributed by atoms with Gasteiger partial charge in [-0.1, -0.05) is 30.3 Å². The molecule has 1 N–H and O–H groups in total. The van der Waals surface area contributed by atoms with Crippen molar-refractivity contribution in [1.29, 1.82) is 0 Å². The molecular formula is C23H30N4O4. The van der Waals surface area contributed by atoms with Crippen LogP contribution in [0.2, 0.25) is 0 Å². The van der Waals surface area contributed by atoms with Crippen LogP contribution in [0, 0.1) is 6.92 Å². The van der Waals surface area contributed by atoms with E-state index in [4.69, 9.17) is 9.47 Å². The summed E-state index contributed by atoms with van der Waals surface area (Å²) in [6, 6.07) is 9.97. The van der Waals surface area contributed by atoms with Crippen molar-refractivity contribution in [3.05, 3.63) is 57.5 Å². The first kappa shape index (κ1) is 21.5. The molecule has 0 bridgehead atoms. The van der Waals surface area contributed by atoms with E-state index in [9.17, 15) is 9.59 Å². The van der Waals surface area contributed by atoms with Gasteiger partial charge in [0.25, 0.3) is 5.56 Å². The lowest BCUT2D eigenvalue weighted by Crippen LogP contribution is -2.46. The molecule has 2 fully saturated rings. The number of aromatic nitrogens is 2. The number of aryl methyl sites for hydroxylation is 1. The summed E-state index contributed by atoms with van der Waals surface area (Å²) in [6.07, 6.45) is 0.477. The van der Waals surface area contributed by atoms with Gasteiger partial charge in [0.05, 0.1) is 25.9 Å². The Morgan fingerprint density at radius 1 is 1.19 bits per heavy atom. The van der Waals surface area contributed by atoms with Crippen LogP contribution in [-0.2, 0) is 20.7 Å². The zero-order valence-corrected chi connectivity index (χ0v) is 18.2. The summed E-state index contributed by atoms with van der Waals surface area (Å²) >= 11 is 0. The minimum absolute atomic E-state index is 0.0344. The molecule has 2 aliphatic heterocycles. The van der Waals surface area contributed by atoms with Crippen molar-refractivity contribution in [3.8, 4) is 0 Å². The molecule has 2 unspecified atom stereocenters. The van der Waals surface area contributed by atoms with Gasteiger partial charge in [0.15, 0.2) is 0 Å². The summed E-state index contributed by atoms with van der Waals surface area (Å²) in [4.78, 5) is 37.0. The zero-order chi connectivity index (χ0) is 21.8.